The first-order valence-electron chi connectivity index (χ1n) is 1.91. The first kappa shape index (κ1) is 5.21. The Morgan fingerprint density at radius 1 is 1.75 bits per heavy atom. The molecule has 0 aliphatic carbocycles. The van der Waals surface area contributed by atoms with Crippen LogP contribution in [0, 0.1) is 6.07 Å². The van der Waals surface area contributed by atoms with E-state index in [1.165, 1.54) is 0 Å². The molecular weight excluding hydrogens is 116 g/mol. The summed E-state index contributed by atoms with van der Waals surface area (Å²) < 4.78 is 27.0. The fraction of sp³-hybridized carbons (Fsp3) is 0.250. The molecule has 8 heavy (non-hydrogen) atoms. The summed E-state index contributed by atoms with van der Waals surface area (Å²) in [6.07, 6.45) is -1.59. The third kappa shape index (κ3) is 0.828. The van der Waals surface area contributed by atoms with Crippen LogP contribution < -0.4 is 0 Å². The molecule has 0 saturated heterocycles. The van der Waals surface area contributed by atoms with Gasteiger partial charge in [-0.2, -0.15) is 0 Å². The van der Waals surface area contributed by atoms with Gasteiger partial charge in [-0.15, -0.1) is 0 Å². The van der Waals surface area contributed by atoms with Crippen LogP contribution in [0.1, 0.15) is 12.1 Å². The second-order valence-corrected chi connectivity index (χ2v) is 1.14. The number of aromatic nitrogens is 1. The van der Waals surface area contributed by atoms with Crippen LogP contribution in [0.2, 0.25) is 0 Å². The molecule has 0 unspecified atom stereocenters. The molecule has 1 radical (unpaired) electrons. The highest BCUT2D eigenvalue weighted by molar-refractivity contribution is 4.93. The zero-order valence-electron chi connectivity index (χ0n) is 3.77. The number of hydrogen-bond donors (Lipinski definition) is 0. The van der Waals surface area contributed by atoms with Gasteiger partial charge in [0.15, 0.2) is 5.69 Å². The van der Waals surface area contributed by atoms with Gasteiger partial charge in [0.1, 0.15) is 6.26 Å². The van der Waals surface area contributed by atoms with Crippen molar-refractivity contribution in [3.8, 4) is 0 Å². The summed E-state index contributed by atoms with van der Waals surface area (Å²) in [7, 11) is 0. The molecule has 4 heteroatoms. The third-order valence-electron chi connectivity index (χ3n) is 0.617. The van der Waals surface area contributed by atoms with E-state index >= 15 is 0 Å². The molecule has 0 bridgehead atoms. The van der Waals surface area contributed by atoms with Crippen molar-refractivity contribution < 1.29 is 13.3 Å². The van der Waals surface area contributed by atoms with Crippen molar-refractivity contribution in [1.82, 2.24) is 5.16 Å². The summed E-state index contributed by atoms with van der Waals surface area (Å²) in [5.41, 5.74) is -0.440. The number of nitrogens with zero attached hydrogens (tertiary/aromatic N) is 1. The van der Waals surface area contributed by atoms with E-state index < -0.39 is 12.1 Å². The van der Waals surface area contributed by atoms with Crippen molar-refractivity contribution in [2.75, 3.05) is 0 Å². The van der Waals surface area contributed by atoms with Crippen molar-refractivity contribution in [1.29, 1.82) is 0 Å². The molecule has 0 spiro atoms. The maximum absolute atomic E-state index is 11.4. The molecule has 1 heterocycles. The summed E-state index contributed by atoms with van der Waals surface area (Å²) in [5.74, 6) is 0. The minimum absolute atomic E-state index is 0.440. The molecule has 2 nitrogen and oxygen atoms in total. The van der Waals surface area contributed by atoms with E-state index in [1.807, 2.05) is 0 Å². The summed E-state index contributed by atoms with van der Waals surface area (Å²) in [6, 6.07) is 2.11. The van der Waals surface area contributed by atoms with Crippen LogP contribution in [0.15, 0.2) is 10.8 Å². The second-order valence-electron chi connectivity index (χ2n) is 1.14. The largest absolute Gasteiger partial charge is 0.364 e. The lowest BCUT2D eigenvalue weighted by atomic mass is 10.5. The van der Waals surface area contributed by atoms with E-state index in [1.54, 1.807) is 0 Å². The number of hydrogen-bond acceptors (Lipinski definition) is 2. The van der Waals surface area contributed by atoms with Crippen molar-refractivity contribution in [2.45, 2.75) is 6.43 Å². The smallest absolute Gasteiger partial charge is 0.284 e. The zero-order chi connectivity index (χ0) is 5.98. The Morgan fingerprint density at radius 3 is 2.75 bits per heavy atom. The van der Waals surface area contributed by atoms with Crippen molar-refractivity contribution in [3.05, 3.63) is 18.0 Å². The topological polar surface area (TPSA) is 26.0 Å². The Labute approximate surface area is 44.1 Å². The lowest BCUT2D eigenvalue weighted by Crippen LogP contribution is -1.80. The molecule has 0 amide bonds. The van der Waals surface area contributed by atoms with Gasteiger partial charge in [0.05, 0.1) is 6.07 Å². The molecule has 0 aliphatic rings. The van der Waals surface area contributed by atoms with Gasteiger partial charge in [0.2, 0.25) is 0 Å². The molecule has 1 aromatic heterocycles. The average molecular weight is 118 g/mol. The number of alkyl halides is 2. The van der Waals surface area contributed by atoms with Gasteiger partial charge >= 0.3 is 0 Å². The molecule has 0 fully saturated rings. The number of halogens is 2. The highest BCUT2D eigenvalue weighted by atomic mass is 19.3. The normalized spacial score (nSPS) is 10.4. The van der Waals surface area contributed by atoms with E-state index in [0.29, 0.717) is 0 Å². The van der Waals surface area contributed by atoms with Gasteiger partial charge in [-0.05, 0) is 0 Å². The van der Waals surface area contributed by atoms with Crippen LogP contribution in [0.5, 0.6) is 0 Å². The Hall–Kier alpha value is -0.930. The van der Waals surface area contributed by atoms with Gasteiger partial charge in [-0.3, -0.25) is 0 Å². The standard InChI is InChI=1S/C4H2F2NO/c5-4(6)3-1-2-8-7-3/h2,4H. The first-order valence-corrected chi connectivity index (χ1v) is 1.91. The third-order valence-corrected chi connectivity index (χ3v) is 0.617. The molecule has 0 aromatic carbocycles. The quantitative estimate of drug-likeness (QED) is 0.557. The first-order chi connectivity index (χ1) is 3.80. The maximum atomic E-state index is 11.4. The van der Waals surface area contributed by atoms with Crippen molar-refractivity contribution in [2.24, 2.45) is 0 Å². The Bertz CT molecular complexity index is 149. The Balaban J connectivity index is 2.77. The van der Waals surface area contributed by atoms with E-state index in [4.69, 9.17) is 0 Å². The van der Waals surface area contributed by atoms with Crippen LogP contribution >= 0.6 is 0 Å². The molecule has 0 N–H and O–H groups in total. The molecule has 43 valence electrons. The van der Waals surface area contributed by atoms with E-state index in [0.717, 1.165) is 6.26 Å². The van der Waals surface area contributed by atoms with Gasteiger partial charge < -0.3 is 4.52 Å². The monoisotopic (exact) mass is 118 g/mol. The highest BCUT2D eigenvalue weighted by Crippen LogP contribution is 2.13. The minimum atomic E-state index is -2.58. The van der Waals surface area contributed by atoms with Crippen LogP contribution in [0.3, 0.4) is 0 Å². The lowest BCUT2D eigenvalue weighted by Gasteiger charge is -1.83. The van der Waals surface area contributed by atoms with Crippen LogP contribution in [-0.2, 0) is 0 Å². The fourth-order valence-electron chi connectivity index (χ4n) is 0.299. The fourth-order valence-corrected chi connectivity index (χ4v) is 0.299. The van der Waals surface area contributed by atoms with Gasteiger partial charge in [0, 0.05) is 0 Å². The predicted molar refractivity (Wildman–Crippen MR) is 20.3 cm³/mol. The van der Waals surface area contributed by atoms with Gasteiger partial charge in [0.25, 0.3) is 6.43 Å². The molecule has 0 aliphatic heterocycles. The maximum Gasteiger partial charge on any atom is 0.284 e. The van der Waals surface area contributed by atoms with Crippen LogP contribution in [0.25, 0.3) is 0 Å². The summed E-state index contributed by atoms with van der Waals surface area (Å²) in [5, 5.41) is 2.94. The van der Waals surface area contributed by atoms with E-state index in [2.05, 4.69) is 15.7 Å². The minimum Gasteiger partial charge on any atom is -0.364 e. The molecule has 1 rings (SSSR count). The molecule has 1 aromatic rings. The highest BCUT2D eigenvalue weighted by Gasteiger charge is 2.08. The SMILES string of the molecule is FC(F)c1[c]con1. The Morgan fingerprint density at radius 2 is 2.50 bits per heavy atom. The zero-order valence-corrected chi connectivity index (χ0v) is 3.77. The van der Waals surface area contributed by atoms with Crippen LogP contribution in [-0.4, -0.2) is 5.16 Å². The molecule has 0 saturated carbocycles. The summed E-state index contributed by atoms with van der Waals surface area (Å²) in [6.45, 7) is 0. The van der Waals surface area contributed by atoms with Gasteiger partial charge in [-0.1, -0.05) is 5.16 Å². The van der Waals surface area contributed by atoms with Crippen LogP contribution in [0.4, 0.5) is 8.78 Å². The molecular formula is C4H2F2NO. The molecule has 0 atom stereocenters. The second kappa shape index (κ2) is 1.90. The summed E-state index contributed by atoms with van der Waals surface area (Å²) >= 11 is 0. The summed E-state index contributed by atoms with van der Waals surface area (Å²) in [4.78, 5) is 0. The van der Waals surface area contributed by atoms with Crippen molar-refractivity contribution in [3.63, 3.8) is 0 Å². The Kier molecular flexibility index (Phi) is 1.24. The van der Waals surface area contributed by atoms with E-state index in [-0.39, 0.29) is 0 Å². The lowest BCUT2D eigenvalue weighted by molar-refractivity contribution is 0.140. The number of rotatable bonds is 1. The van der Waals surface area contributed by atoms with Crippen molar-refractivity contribution >= 4 is 0 Å². The van der Waals surface area contributed by atoms with E-state index in [9.17, 15) is 8.78 Å². The predicted octanol–water partition coefficient (Wildman–Crippen LogP) is 1.41. The van der Waals surface area contributed by atoms with Gasteiger partial charge in [-0.25, -0.2) is 8.78 Å². The average Bonchev–Trinajstić information content (AvgIpc) is 2.12.